The Morgan fingerprint density at radius 2 is 2.44 bits per heavy atom. The number of nitro groups is 1. The van der Waals surface area contributed by atoms with E-state index in [4.69, 9.17) is 6.42 Å². The molecule has 6 nitrogen and oxygen atoms in total. The molecule has 0 fully saturated rings. The second kappa shape index (κ2) is 5.36. The average Bonchev–Trinajstić information content (AvgIpc) is 2.26. The molecule has 0 saturated carbocycles. The van der Waals surface area contributed by atoms with E-state index in [9.17, 15) is 15.2 Å². The summed E-state index contributed by atoms with van der Waals surface area (Å²) in [5.74, 6) is 2.07. The summed E-state index contributed by atoms with van der Waals surface area (Å²) in [4.78, 5) is 14.5. The van der Waals surface area contributed by atoms with Crippen LogP contribution in [0.2, 0.25) is 0 Å². The fourth-order valence-corrected chi connectivity index (χ4v) is 0.927. The minimum atomic E-state index is -0.570. The second-order valence-corrected chi connectivity index (χ2v) is 2.71. The molecule has 0 spiro atoms. The van der Waals surface area contributed by atoms with Crippen molar-refractivity contribution >= 4 is 11.9 Å². The van der Waals surface area contributed by atoms with Gasteiger partial charge in [0.2, 0.25) is 0 Å². The maximum absolute atomic E-state index is 10.5. The Morgan fingerprint density at radius 1 is 1.69 bits per heavy atom. The summed E-state index contributed by atoms with van der Waals surface area (Å²) in [7, 11) is 0. The molecule has 0 aliphatic rings. The van der Waals surface area contributed by atoms with Gasteiger partial charge in [-0.15, -0.1) is 6.42 Å². The van der Waals surface area contributed by atoms with Crippen molar-refractivity contribution in [2.45, 2.75) is 0 Å². The number of benzene rings is 1. The van der Waals surface area contributed by atoms with E-state index in [0.29, 0.717) is 0 Å². The monoisotopic (exact) mass is 220 g/mol. The van der Waals surface area contributed by atoms with Gasteiger partial charge in [-0.05, 0) is 6.07 Å². The van der Waals surface area contributed by atoms with Gasteiger partial charge in [0.25, 0.3) is 5.69 Å². The van der Waals surface area contributed by atoms with E-state index < -0.39 is 4.92 Å². The predicted octanol–water partition coefficient (Wildman–Crippen LogP) is 1.28. The Kier molecular flexibility index (Phi) is 3.86. The minimum absolute atomic E-state index is 0.00775. The van der Waals surface area contributed by atoms with Crippen molar-refractivity contribution in [1.29, 1.82) is 0 Å². The fraction of sp³-hybridized carbons (Fsp3) is 0.100. The van der Waals surface area contributed by atoms with Gasteiger partial charge in [0.15, 0.2) is 6.61 Å². The van der Waals surface area contributed by atoms with Crippen molar-refractivity contribution in [2.24, 2.45) is 5.16 Å². The largest absolute Gasteiger partial charge is 0.507 e. The van der Waals surface area contributed by atoms with Gasteiger partial charge in [-0.3, -0.25) is 10.1 Å². The Balaban J connectivity index is 2.86. The first-order chi connectivity index (χ1) is 7.65. The third kappa shape index (κ3) is 2.99. The number of aromatic hydroxyl groups is 1. The number of hydrogen-bond acceptors (Lipinski definition) is 5. The molecule has 6 heteroatoms. The van der Waals surface area contributed by atoms with Gasteiger partial charge in [0, 0.05) is 17.7 Å². The maximum Gasteiger partial charge on any atom is 0.270 e. The Morgan fingerprint density at radius 3 is 3.06 bits per heavy atom. The number of hydrogen-bond donors (Lipinski definition) is 1. The first kappa shape index (κ1) is 11.5. The normalized spacial score (nSPS) is 9.94. The number of terminal acetylenes is 1. The summed E-state index contributed by atoms with van der Waals surface area (Å²) in [5, 5.41) is 23.3. The lowest BCUT2D eigenvalue weighted by Crippen LogP contribution is -1.91. The minimum Gasteiger partial charge on any atom is -0.507 e. The molecule has 0 radical (unpaired) electrons. The lowest BCUT2D eigenvalue weighted by Gasteiger charge is -1.98. The number of nitrogens with zero attached hydrogens (tertiary/aromatic N) is 2. The molecule has 1 aromatic rings. The standard InChI is InChI=1S/C10H8N2O4/c1-2-5-16-11-7-8-6-9(12(14)15)3-4-10(8)13/h1,3-4,6-7,13H,5H2/b11-7+. The first-order valence-corrected chi connectivity index (χ1v) is 4.21. The van der Waals surface area contributed by atoms with E-state index in [1.54, 1.807) is 0 Å². The summed E-state index contributed by atoms with van der Waals surface area (Å²) in [5.41, 5.74) is 0.0439. The van der Waals surface area contributed by atoms with Gasteiger partial charge in [-0.2, -0.15) is 0 Å². The predicted molar refractivity (Wildman–Crippen MR) is 57.1 cm³/mol. The van der Waals surface area contributed by atoms with Crippen molar-refractivity contribution in [2.75, 3.05) is 6.61 Å². The number of non-ortho nitro benzene ring substituents is 1. The van der Waals surface area contributed by atoms with Gasteiger partial charge in [-0.1, -0.05) is 11.1 Å². The molecule has 1 N–H and O–H groups in total. The number of nitro benzene ring substituents is 1. The van der Waals surface area contributed by atoms with Crippen LogP contribution in [0.4, 0.5) is 5.69 Å². The number of rotatable bonds is 4. The van der Waals surface area contributed by atoms with E-state index in [-0.39, 0.29) is 23.6 Å². The molecule has 0 heterocycles. The van der Waals surface area contributed by atoms with Crippen LogP contribution in [0.1, 0.15) is 5.56 Å². The molecular weight excluding hydrogens is 212 g/mol. The first-order valence-electron chi connectivity index (χ1n) is 4.21. The molecular formula is C10H8N2O4. The zero-order valence-corrected chi connectivity index (χ0v) is 8.16. The fourth-order valence-electron chi connectivity index (χ4n) is 0.927. The molecule has 0 saturated heterocycles. The van der Waals surface area contributed by atoms with Crippen molar-refractivity contribution in [3.8, 4) is 18.1 Å². The smallest absolute Gasteiger partial charge is 0.270 e. The molecule has 0 aliphatic carbocycles. The van der Waals surface area contributed by atoms with Crippen molar-refractivity contribution in [3.63, 3.8) is 0 Å². The number of oxime groups is 1. The van der Waals surface area contributed by atoms with Gasteiger partial charge in [0.05, 0.1) is 11.1 Å². The third-order valence-corrected chi connectivity index (χ3v) is 1.64. The summed E-state index contributed by atoms with van der Waals surface area (Å²) in [6, 6.07) is 3.58. The Labute approximate surface area is 91.3 Å². The van der Waals surface area contributed by atoms with Gasteiger partial charge >= 0.3 is 0 Å². The zero-order valence-electron chi connectivity index (χ0n) is 8.16. The molecule has 0 atom stereocenters. The molecule has 16 heavy (non-hydrogen) atoms. The lowest BCUT2D eigenvalue weighted by atomic mass is 10.2. The molecule has 0 aromatic heterocycles. The highest BCUT2D eigenvalue weighted by Crippen LogP contribution is 2.21. The molecule has 0 aliphatic heterocycles. The maximum atomic E-state index is 10.5. The van der Waals surface area contributed by atoms with Gasteiger partial charge in [-0.25, -0.2) is 0 Å². The quantitative estimate of drug-likeness (QED) is 0.272. The SMILES string of the molecule is C#CCO/N=C/c1cc([N+](=O)[O-])ccc1O. The van der Waals surface area contributed by atoms with Crippen LogP contribution in [0.25, 0.3) is 0 Å². The molecule has 1 aromatic carbocycles. The van der Waals surface area contributed by atoms with Gasteiger partial charge < -0.3 is 9.94 Å². The average molecular weight is 220 g/mol. The van der Waals surface area contributed by atoms with Crippen LogP contribution in [0.3, 0.4) is 0 Å². The van der Waals surface area contributed by atoms with Crippen LogP contribution in [0.15, 0.2) is 23.4 Å². The Hall–Kier alpha value is -2.55. The summed E-state index contributed by atoms with van der Waals surface area (Å²) in [6.07, 6.45) is 6.07. The van der Waals surface area contributed by atoms with Crippen LogP contribution in [-0.4, -0.2) is 22.9 Å². The molecule has 0 amide bonds. The highest BCUT2D eigenvalue weighted by Gasteiger charge is 2.08. The summed E-state index contributed by atoms with van der Waals surface area (Å²) in [6.45, 7) is -0.00775. The zero-order chi connectivity index (χ0) is 12.0. The van der Waals surface area contributed by atoms with Crippen molar-refractivity contribution in [3.05, 3.63) is 33.9 Å². The summed E-state index contributed by atoms with van der Waals surface area (Å²) < 4.78 is 0. The highest BCUT2D eigenvalue weighted by molar-refractivity contribution is 5.84. The van der Waals surface area contributed by atoms with E-state index in [0.717, 1.165) is 6.21 Å². The van der Waals surface area contributed by atoms with Crippen LogP contribution >= 0.6 is 0 Å². The van der Waals surface area contributed by atoms with E-state index in [1.165, 1.54) is 18.2 Å². The van der Waals surface area contributed by atoms with Crippen LogP contribution in [0, 0.1) is 22.5 Å². The van der Waals surface area contributed by atoms with E-state index in [1.807, 2.05) is 0 Å². The van der Waals surface area contributed by atoms with Crippen LogP contribution in [-0.2, 0) is 4.84 Å². The molecule has 82 valence electrons. The van der Waals surface area contributed by atoms with Crippen LogP contribution in [0.5, 0.6) is 5.75 Å². The van der Waals surface area contributed by atoms with E-state index >= 15 is 0 Å². The molecule has 1 rings (SSSR count). The number of phenols is 1. The topological polar surface area (TPSA) is 85.0 Å². The lowest BCUT2D eigenvalue weighted by molar-refractivity contribution is -0.384. The van der Waals surface area contributed by atoms with Gasteiger partial charge in [0.1, 0.15) is 5.75 Å². The number of phenolic OH excluding ortho intramolecular Hbond substituents is 1. The van der Waals surface area contributed by atoms with Crippen molar-refractivity contribution < 1.29 is 14.9 Å². The third-order valence-electron chi connectivity index (χ3n) is 1.64. The van der Waals surface area contributed by atoms with Crippen LogP contribution < -0.4 is 0 Å². The van der Waals surface area contributed by atoms with E-state index in [2.05, 4.69) is 15.9 Å². The second-order valence-electron chi connectivity index (χ2n) is 2.71. The molecule has 0 unspecified atom stereocenters. The Bertz CT molecular complexity index is 462. The molecule has 0 bridgehead atoms. The van der Waals surface area contributed by atoms with Crippen molar-refractivity contribution in [1.82, 2.24) is 0 Å². The highest BCUT2D eigenvalue weighted by atomic mass is 16.6. The summed E-state index contributed by atoms with van der Waals surface area (Å²) >= 11 is 0.